The van der Waals surface area contributed by atoms with Crippen molar-refractivity contribution >= 4 is 19.8 Å². The summed E-state index contributed by atoms with van der Waals surface area (Å²) in [4.78, 5) is 37.7. The highest BCUT2D eigenvalue weighted by Gasteiger charge is 2.22. The zero-order chi connectivity index (χ0) is 46.7. The van der Waals surface area contributed by atoms with E-state index in [-0.39, 0.29) is 26.1 Å². The second kappa shape index (κ2) is 41.8. The number of phosphoric acid groups is 1. The molecule has 0 radical (unpaired) electrons. The maximum atomic E-state index is 12.7. The van der Waals surface area contributed by atoms with Gasteiger partial charge in [-0.2, -0.15) is 0 Å². The van der Waals surface area contributed by atoms with Crippen LogP contribution < -0.4 is 4.89 Å². The van der Waals surface area contributed by atoms with Gasteiger partial charge in [0.05, 0.1) is 40.0 Å². The first-order valence-electron chi connectivity index (χ1n) is 24.0. The van der Waals surface area contributed by atoms with Crippen molar-refractivity contribution in [1.29, 1.82) is 0 Å². The van der Waals surface area contributed by atoms with Crippen LogP contribution in [0.3, 0.4) is 0 Å². The lowest BCUT2D eigenvalue weighted by molar-refractivity contribution is -0.870. The molecule has 0 bridgehead atoms. The van der Waals surface area contributed by atoms with Gasteiger partial charge in [0, 0.05) is 12.8 Å². The molecule has 362 valence electrons. The third kappa shape index (κ3) is 45.5. The van der Waals surface area contributed by atoms with Crippen molar-refractivity contribution in [3.63, 3.8) is 0 Å². The number of nitrogens with zero attached hydrogens (tertiary/aromatic N) is 1. The van der Waals surface area contributed by atoms with E-state index >= 15 is 0 Å². The first kappa shape index (κ1) is 60.1. The zero-order valence-corrected chi connectivity index (χ0v) is 40.9. The molecule has 0 rings (SSSR count). The molecule has 0 saturated heterocycles. The van der Waals surface area contributed by atoms with Crippen molar-refractivity contribution in [2.75, 3.05) is 47.5 Å². The van der Waals surface area contributed by atoms with Gasteiger partial charge < -0.3 is 38.1 Å². The molecule has 0 saturated carbocycles. The van der Waals surface area contributed by atoms with Crippen LogP contribution in [-0.4, -0.2) is 92.5 Å². The van der Waals surface area contributed by atoms with E-state index in [1.54, 1.807) is 18.2 Å². The Kier molecular flexibility index (Phi) is 39.9. The summed E-state index contributed by atoms with van der Waals surface area (Å²) < 4.78 is 33.7. The fourth-order valence-electron chi connectivity index (χ4n) is 5.99. The maximum Gasteiger partial charge on any atom is 0.306 e. The molecule has 0 aliphatic heterocycles. The van der Waals surface area contributed by atoms with Crippen molar-refractivity contribution in [2.24, 2.45) is 0 Å². The lowest BCUT2D eigenvalue weighted by Crippen LogP contribution is -2.37. The van der Waals surface area contributed by atoms with Crippen LogP contribution in [0.2, 0.25) is 0 Å². The van der Waals surface area contributed by atoms with Crippen LogP contribution >= 0.6 is 7.82 Å². The van der Waals surface area contributed by atoms with Gasteiger partial charge >= 0.3 is 11.9 Å². The van der Waals surface area contributed by atoms with E-state index in [2.05, 4.69) is 50.3 Å². The molecule has 0 amide bonds. The molecule has 4 atom stereocenters. The molecule has 0 aliphatic carbocycles. The fourth-order valence-corrected chi connectivity index (χ4v) is 6.72. The van der Waals surface area contributed by atoms with E-state index in [1.165, 1.54) is 32.1 Å². The molecule has 0 spiro atoms. The molecule has 0 heterocycles. The van der Waals surface area contributed by atoms with Gasteiger partial charge in [-0.15, -0.1) is 0 Å². The Labute approximate surface area is 383 Å². The van der Waals surface area contributed by atoms with Crippen molar-refractivity contribution in [3.05, 3.63) is 85.1 Å². The number of hydrogen-bond acceptors (Lipinski definition) is 10. The second-order valence-corrected chi connectivity index (χ2v) is 18.6. The average Bonchev–Trinajstić information content (AvgIpc) is 3.22. The summed E-state index contributed by atoms with van der Waals surface area (Å²) in [6.45, 7) is 3.81. The lowest BCUT2D eigenvalue weighted by Gasteiger charge is -2.28. The third-order valence-corrected chi connectivity index (χ3v) is 10.8. The number of rotatable bonds is 42. The van der Waals surface area contributed by atoms with Gasteiger partial charge in [-0.05, 0) is 70.6 Å². The van der Waals surface area contributed by atoms with Gasteiger partial charge in [-0.3, -0.25) is 14.2 Å². The first-order chi connectivity index (χ1) is 30.3. The fraction of sp³-hybridized carbons (Fsp3) is 0.686. The van der Waals surface area contributed by atoms with Crippen LogP contribution in [0.25, 0.3) is 0 Å². The minimum Gasteiger partial charge on any atom is -0.756 e. The van der Waals surface area contributed by atoms with Crippen molar-refractivity contribution in [2.45, 2.75) is 180 Å². The van der Waals surface area contributed by atoms with Crippen LogP contribution in [0.5, 0.6) is 0 Å². The van der Waals surface area contributed by atoms with E-state index in [4.69, 9.17) is 18.5 Å². The summed E-state index contributed by atoms with van der Waals surface area (Å²) >= 11 is 0. The monoisotopic (exact) mass is 906 g/mol. The molecule has 0 aromatic carbocycles. The highest BCUT2D eigenvalue weighted by Crippen LogP contribution is 2.38. The second-order valence-electron chi connectivity index (χ2n) is 17.2. The number of allylic oxidation sites excluding steroid dienone is 12. The van der Waals surface area contributed by atoms with Gasteiger partial charge in [0.2, 0.25) is 0 Å². The number of aliphatic hydroxyl groups is 2. The number of hydrogen-bond donors (Lipinski definition) is 2. The van der Waals surface area contributed by atoms with Crippen LogP contribution in [0.4, 0.5) is 0 Å². The molecule has 0 aromatic heterocycles. The number of phosphoric ester groups is 1. The van der Waals surface area contributed by atoms with Gasteiger partial charge in [-0.25, -0.2) is 0 Å². The molecular formula is C51H88NO10P. The zero-order valence-electron chi connectivity index (χ0n) is 40.0. The number of carbonyl (C=O) groups excluding carboxylic acids is 2. The van der Waals surface area contributed by atoms with Crippen LogP contribution in [-0.2, 0) is 32.7 Å². The van der Waals surface area contributed by atoms with Gasteiger partial charge in [-0.1, -0.05) is 163 Å². The van der Waals surface area contributed by atoms with Crippen molar-refractivity contribution in [1.82, 2.24) is 0 Å². The summed E-state index contributed by atoms with van der Waals surface area (Å²) in [6, 6.07) is 0. The quantitative estimate of drug-likeness (QED) is 0.0151. The van der Waals surface area contributed by atoms with Crippen LogP contribution in [0.1, 0.15) is 162 Å². The van der Waals surface area contributed by atoms with E-state index in [1.807, 2.05) is 51.5 Å². The Hall–Kier alpha value is -2.89. The number of quaternary nitrogens is 1. The SMILES string of the molecule is CCCCCC/C=C\C/C=C\C/C=C\CCCCCCCCC(=O)OC[C@H](COP(=O)([O-])OCC[N+](C)(C)C)OC(=O)CCC[C@H](O)/C=C/C=C\C/C=C\C=C\[C@H](O)CCCCC. The van der Waals surface area contributed by atoms with E-state index in [0.717, 1.165) is 77.0 Å². The number of unbranched alkanes of at least 4 members (excludes halogenated alkanes) is 12. The smallest absolute Gasteiger partial charge is 0.306 e. The van der Waals surface area contributed by atoms with E-state index in [0.29, 0.717) is 36.7 Å². The number of likely N-dealkylation sites (N-methyl/N-ethyl adjacent to an activating group) is 1. The topological polar surface area (TPSA) is 152 Å². The van der Waals surface area contributed by atoms with Crippen molar-refractivity contribution < 1.29 is 52.3 Å². The Morgan fingerprint density at radius 3 is 1.67 bits per heavy atom. The summed E-state index contributed by atoms with van der Waals surface area (Å²) in [5.41, 5.74) is 0. The number of carbonyl (C=O) groups is 2. The Morgan fingerprint density at radius 1 is 0.587 bits per heavy atom. The van der Waals surface area contributed by atoms with Crippen LogP contribution in [0.15, 0.2) is 85.1 Å². The summed E-state index contributed by atoms with van der Waals surface area (Å²) in [5, 5.41) is 20.2. The van der Waals surface area contributed by atoms with Gasteiger partial charge in [0.1, 0.15) is 19.8 Å². The first-order valence-corrected chi connectivity index (χ1v) is 25.5. The number of ether oxygens (including phenoxy) is 2. The summed E-state index contributed by atoms with van der Waals surface area (Å²) in [6.07, 6.45) is 46.8. The highest BCUT2D eigenvalue weighted by atomic mass is 31.2. The highest BCUT2D eigenvalue weighted by molar-refractivity contribution is 7.45. The molecule has 63 heavy (non-hydrogen) atoms. The number of esters is 2. The molecule has 12 heteroatoms. The van der Waals surface area contributed by atoms with Crippen molar-refractivity contribution in [3.8, 4) is 0 Å². The summed E-state index contributed by atoms with van der Waals surface area (Å²) in [7, 11) is 0.998. The van der Waals surface area contributed by atoms with Gasteiger partial charge in [0.25, 0.3) is 7.82 Å². The molecule has 0 fully saturated rings. The summed E-state index contributed by atoms with van der Waals surface area (Å²) in [5.74, 6) is -1.08. The van der Waals surface area contributed by atoms with Gasteiger partial charge in [0.15, 0.2) is 6.10 Å². The molecule has 2 N–H and O–H groups in total. The Bertz CT molecular complexity index is 1380. The molecule has 1 unspecified atom stereocenters. The number of aliphatic hydroxyl groups excluding tert-OH is 2. The molecule has 11 nitrogen and oxygen atoms in total. The molecule has 0 aliphatic rings. The Morgan fingerprint density at radius 2 is 1.08 bits per heavy atom. The minimum absolute atomic E-state index is 0.0309. The third-order valence-electron chi connectivity index (χ3n) is 9.85. The minimum atomic E-state index is -4.70. The normalized spacial score (nSPS) is 15.2. The molecule has 0 aromatic rings. The standard InChI is InChI=1S/C51H88NO10P/c1-6-8-10-11-12-13-14-15-16-17-18-19-20-21-22-23-24-28-31-35-41-50(55)59-45-49(46-61-63(57,58)60-44-43-52(3,4)5)62-51(56)42-36-40-48(54)39-34-30-27-25-26-29-33-38-47(53)37-32-9-7-2/h13-14,16-17,19-20,26-27,29-30,33-34,38-39,47-49,53-54H,6-12,15,18,21-25,28,31-32,35-37,40-46H2,1-5H3/b14-13-,17-16-,20-19-,29-26-,30-27-,38-33+,39-34+/t47-,48-,49-/m1/s1. The van der Waals surface area contributed by atoms with Crippen LogP contribution in [0, 0.1) is 0 Å². The Balaban J connectivity index is 4.56. The van der Waals surface area contributed by atoms with E-state index in [9.17, 15) is 29.3 Å². The molecular weight excluding hydrogens is 818 g/mol. The predicted molar refractivity (Wildman–Crippen MR) is 257 cm³/mol. The lowest BCUT2D eigenvalue weighted by atomic mass is 10.1. The van der Waals surface area contributed by atoms with E-state index < -0.39 is 44.7 Å². The average molecular weight is 906 g/mol. The predicted octanol–water partition coefficient (Wildman–Crippen LogP) is 11.3. The largest absolute Gasteiger partial charge is 0.756 e. The maximum absolute atomic E-state index is 12.7.